The van der Waals surface area contributed by atoms with E-state index in [4.69, 9.17) is 0 Å². The molecule has 24 heavy (non-hydrogen) atoms. The summed E-state index contributed by atoms with van der Waals surface area (Å²) >= 11 is 0. The summed E-state index contributed by atoms with van der Waals surface area (Å²) < 4.78 is 37.6. The van der Waals surface area contributed by atoms with Crippen molar-refractivity contribution in [2.45, 2.75) is 25.2 Å². The van der Waals surface area contributed by atoms with Gasteiger partial charge in [0.1, 0.15) is 0 Å². The van der Waals surface area contributed by atoms with Gasteiger partial charge >= 0.3 is 12.2 Å². The fourth-order valence-electron chi connectivity index (χ4n) is 3.88. The summed E-state index contributed by atoms with van der Waals surface area (Å²) in [4.78, 5) is 20.2. The van der Waals surface area contributed by atoms with Gasteiger partial charge in [0, 0.05) is 71.0 Å². The van der Waals surface area contributed by atoms with E-state index in [2.05, 4.69) is 15.1 Å². The second kappa shape index (κ2) is 7.05. The van der Waals surface area contributed by atoms with Gasteiger partial charge in [0.05, 0.1) is 6.54 Å². The summed E-state index contributed by atoms with van der Waals surface area (Å²) in [5, 5.41) is 2.97. The highest BCUT2D eigenvalue weighted by molar-refractivity contribution is 5.74. The maximum atomic E-state index is 12.5. The number of hydrogen-bond acceptors (Lipinski definition) is 4. The van der Waals surface area contributed by atoms with E-state index in [0.29, 0.717) is 25.7 Å². The predicted octanol–water partition coefficient (Wildman–Crippen LogP) is 0.264. The lowest BCUT2D eigenvalue weighted by atomic mass is 10.1. The van der Waals surface area contributed by atoms with Crippen LogP contribution in [0.5, 0.6) is 0 Å². The third-order valence-corrected chi connectivity index (χ3v) is 5.32. The number of alkyl halides is 3. The average Bonchev–Trinajstić information content (AvgIpc) is 2.54. The molecule has 2 bridgehead atoms. The molecule has 4 fully saturated rings. The summed E-state index contributed by atoms with van der Waals surface area (Å²) in [5.74, 6) is 0. The Morgan fingerprint density at radius 1 is 1.08 bits per heavy atom. The molecule has 0 unspecified atom stereocenters. The number of halogens is 3. The molecule has 1 N–H and O–H groups in total. The van der Waals surface area contributed by atoms with Gasteiger partial charge in [-0.25, -0.2) is 4.79 Å². The first kappa shape index (κ1) is 17.8. The van der Waals surface area contributed by atoms with Crippen LogP contribution in [-0.2, 0) is 0 Å². The summed E-state index contributed by atoms with van der Waals surface area (Å²) in [6.07, 6.45) is -4.19. The molecule has 4 aliphatic rings. The number of carbonyl (C=O) groups excluding carboxylic acids is 1. The first-order valence-corrected chi connectivity index (χ1v) is 8.62. The number of urea groups is 1. The highest BCUT2D eigenvalue weighted by Crippen LogP contribution is 2.20. The average molecular weight is 349 g/mol. The quantitative estimate of drug-likeness (QED) is 0.794. The van der Waals surface area contributed by atoms with Gasteiger partial charge in [-0.1, -0.05) is 0 Å². The minimum absolute atomic E-state index is 0.161. The Hall–Kier alpha value is -1.06. The van der Waals surface area contributed by atoms with Gasteiger partial charge in [-0.15, -0.1) is 0 Å². The zero-order valence-electron chi connectivity index (χ0n) is 14.1. The molecule has 138 valence electrons. The number of amides is 2. The van der Waals surface area contributed by atoms with Gasteiger partial charge in [0.2, 0.25) is 0 Å². The van der Waals surface area contributed by atoms with E-state index in [1.54, 1.807) is 11.8 Å². The molecule has 0 spiro atoms. The van der Waals surface area contributed by atoms with Gasteiger partial charge in [0.25, 0.3) is 0 Å². The number of nitrogens with one attached hydrogen (secondary N) is 1. The summed E-state index contributed by atoms with van der Waals surface area (Å²) in [6.45, 7) is 7.66. The molecule has 0 aliphatic carbocycles. The van der Waals surface area contributed by atoms with Crippen molar-refractivity contribution >= 4 is 6.03 Å². The van der Waals surface area contributed by atoms with Crippen LogP contribution in [0.4, 0.5) is 18.0 Å². The monoisotopic (exact) mass is 349 g/mol. The number of carbonyl (C=O) groups is 1. The largest absolute Gasteiger partial charge is 0.401 e. The minimum atomic E-state index is -4.19. The standard InChI is InChI=1S/C15H26F3N5O/c1-12-9-22(6-7-23(12)11-15(16,17)18)14(24)19-8-13-10-20-2-4-21(13)5-3-20/h12-13H,2-11H2,1H3,(H,19,24)/t12-,13-/m0/s1. The normalized spacial score (nSPS) is 34.4. The maximum absolute atomic E-state index is 12.5. The van der Waals surface area contributed by atoms with Crippen LogP contribution in [0.15, 0.2) is 0 Å². The van der Waals surface area contributed by atoms with Crippen LogP contribution in [0.2, 0.25) is 0 Å². The van der Waals surface area contributed by atoms with Crippen LogP contribution in [-0.4, -0.2) is 109 Å². The number of piperazine rings is 4. The van der Waals surface area contributed by atoms with E-state index in [1.165, 1.54) is 4.90 Å². The maximum Gasteiger partial charge on any atom is 0.401 e. The number of rotatable bonds is 3. The van der Waals surface area contributed by atoms with Gasteiger partial charge in [-0.05, 0) is 6.92 Å². The van der Waals surface area contributed by atoms with Crippen LogP contribution in [0.25, 0.3) is 0 Å². The van der Waals surface area contributed by atoms with E-state index in [0.717, 1.165) is 32.7 Å². The molecule has 0 radical (unpaired) electrons. The third kappa shape index (κ3) is 4.31. The molecule has 4 aliphatic heterocycles. The van der Waals surface area contributed by atoms with Crippen molar-refractivity contribution in [1.82, 2.24) is 24.9 Å². The fraction of sp³-hybridized carbons (Fsp3) is 0.933. The molecule has 0 saturated carbocycles. The molecule has 4 heterocycles. The smallest absolute Gasteiger partial charge is 0.336 e. The molecular weight excluding hydrogens is 323 g/mol. The van der Waals surface area contributed by atoms with E-state index in [9.17, 15) is 18.0 Å². The van der Waals surface area contributed by atoms with Crippen LogP contribution in [0.1, 0.15) is 6.92 Å². The Bertz CT molecular complexity index is 453. The zero-order valence-corrected chi connectivity index (χ0v) is 14.1. The fourth-order valence-corrected chi connectivity index (χ4v) is 3.88. The summed E-state index contributed by atoms with van der Waals surface area (Å²) in [6, 6.07) is -0.0989. The van der Waals surface area contributed by atoms with E-state index in [1.807, 2.05) is 0 Å². The molecule has 2 amide bonds. The molecule has 0 aromatic rings. The summed E-state index contributed by atoms with van der Waals surface area (Å²) in [5.41, 5.74) is 0. The Kier molecular flexibility index (Phi) is 5.22. The number of hydrogen-bond donors (Lipinski definition) is 1. The molecule has 6 nitrogen and oxygen atoms in total. The van der Waals surface area contributed by atoms with Gasteiger partial charge in [-0.2, -0.15) is 13.2 Å². The van der Waals surface area contributed by atoms with Crippen molar-refractivity contribution in [1.29, 1.82) is 0 Å². The highest BCUT2D eigenvalue weighted by atomic mass is 19.4. The first-order chi connectivity index (χ1) is 11.3. The minimum Gasteiger partial charge on any atom is -0.336 e. The first-order valence-electron chi connectivity index (χ1n) is 8.62. The van der Waals surface area contributed by atoms with Crippen LogP contribution >= 0.6 is 0 Å². The molecule has 4 rings (SSSR count). The van der Waals surface area contributed by atoms with Crippen molar-refractivity contribution in [3.63, 3.8) is 0 Å². The van der Waals surface area contributed by atoms with Gasteiger partial charge in [0.15, 0.2) is 0 Å². The molecule has 0 aromatic heterocycles. The van der Waals surface area contributed by atoms with Gasteiger partial charge in [-0.3, -0.25) is 14.7 Å². The van der Waals surface area contributed by atoms with Crippen molar-refractivity contribution in [2.24, 2.45) is 0 Å². The second-order valence-electron chi connectivity index (χ2n) is 7.06. The van der Waals surface area contributed by atoms with Gasteiger partial charge < -0.3 is 10.2 Å². The predicted molar refractivity (Wildman–Crippen MR) is 83.9 cm³/mol. The van der Waals surface area contributed by atoms with E-state index in [-0.39, 0.29) is 18.6 Å². The number of nitrogens with zero attached hydrogens (tertiary/aromatic N) is 4. The summed E-state index contributed by atoms with van der Waals surface area (Å²) in [7, 11) is 0. The molecule has 0 aromatic carbocycles. The SMILES string of the molecule is C[C@H]1CN(C(=O)NC[C@H]2CN3CCN2CC3)CCN1CC(F)(F)F. The molecule has 2 atom stereocenters. The third-order valence-electron chi connectivity index (χ3n) is 5.32. The lowest BCUT2D eigenvalue weighted by Crippen LogP contribution is -2.64. The van der Waals surface area contributed by atoms with Crippen LogP contribution < -0.4 is 5.32 Å². The lowest BCUT2D eigenvalue weighted by Gasteiger charge is -2.47. The molecule has 9 heteroatoms. The zero-order chi connectivity index (χ0) is 17.3. The molecular formula is C15H26F3N5O. The van der Waals surface area contributed by atoms with E-state index < -0.39 is 12.7 Å². The highest BCUT2D eigenvalue weighted by Gasteiger charge is 2.36. The number of fused-ring (bicyclic) bond motifs is 3. The van der Waals surface area contributed by atoms with Crippen LogP contribution in [0, 0.1) is 0 Å². The topological polar surface area (TPSA) is 42.1 Å². The lowest BCUT2D eigenvalue weighted by molar-refractivity contribution is -0.153. The Balaban J connectivity index is 1.43. The van der Waals surface area contributed by atoms with Crippen molar-refractivity contribution in [3.8, 4) is 0 Å². The Morgan fingerprint density at radius 2 is 1.79 bits per heavy atom. The van der Waals surface area contributed by atoms with Crippen molar-refractivity contribution in [3.05, 3.63) is 0 Å². The van der Waals surface area contributed by atoms with E-state index >= 15 is 0 Å². The van der Waals surface area contributed by atoms with Crippen molar-refractivity contribution < 1.29 is 18.0 Å². The second-order valence-corrected chi connectivity index (χ2v) is 7.06. The van der Waals surface area contributed by atoms with Crippen molar-refractivity contribution in [2.75, 3.05) is 65.4 Å². The Labute approximate surface area is 140 Å². The molecule has 4 saturated heterocycles. The Morgan fingerprint density at radius 3 is 2.33 bits per heavy atom. The van der Waals surface area contributed by atoms with Crippen LogP contribution in [0.3, 0.4) is 0 Å².